The summed E-state index contributed by atoms with van der Waals surface area (Å²) in [4.78, 5) is 79.2. The predicted molar refractivity (Wildman–Crippen MR) is 247 cm³/mol. The summed E-state index contributed by atoms with van der Waals surface area (Å²) < 4.78 is 8.47. The van der Waals surface area contributed by atoms with E-state index in [2.05, 4.69) is 80.8 Å². The highest BCUT2D eigenvalue weighted by atomic mass is 32.1. The number of hydrogen-bond acceptors (Lipinski definition) is 10. The molecule has 2 N–H and O–H groups in total. The molecule has 2 unspecified atom stereocenters. The van der Waals surface area contributed by atoms with Crippen LogP contribution in [0.1, 0.15) is 110 Å². The highest BCUT2D eigenvalue weighted by Crippen LogP contribution is 2.42. The van der Waals surface area contributed by atoms with Gasteiger partial charge in [0, 0.05) is 82.2 Å². The third-order valence-corrected chi connectivity index (χ3v) is 14.3. The molecule has 2 fully saturated rings. The second-order valence-corrected chi connectivity index (χ2v) is 20.3. The molecule has 13 heteroatoms. The van der Waals surface area contributed by atoms with Crippen LogP contribution in [0.5, 0.6) is 0 Å². The molecule has 7 rings (SSSR count). The fraction of sp³-hybridized carbons (Fsp3) is 0.540. The lowest BCUT2D eigenvalue weighted by molar-refractivity contribution is -0.155. The van der Waals surface area contributed by atoms with E-state index in [1.54, 1.807) is 6.92 Å². The number of fused-ring (bicyclic) bond motifs is 6. The number of benzene rings is 1. The number of ketones is 2. The number of pyridine rings is 1. The van der Waals surface area contributed by atoms with Gasteiger partial charge in [-0.15, -0.1) is 11.3 Å². The zero-order valence-corrected chi connectivity index (χ0v) is 39.0. The maximum Gasteiger partial charge on any atom is 0.324 e. The van der Waals surface area contributed by atoms with Gasteiger partial charge >= 0.3 is 5.97 Å². The highest BCUT2D eigenvalue weighted by Gasteiger charge is 2.42. The number of hydrazine groups is 1. The summed E-state index contributed by atoms with van der Waals surface area (Å²) in [5, 5.41) is 8.27. The Balaban J connectivity index is 1.26. The van der Waals surface area contributed by atoms with E-state index in [1.807, 2.05) is 31.5 Å². The van der Waals surface area contributed by atoms with Crippen molar-refractivity contribution in [2.45, 2.75) is 125 Å². The van der Waals surface area contributed by atoms with E-state index in [0.717, 1.165) is 51.2 Å². The molecule has 63 heavy (non-hydrogen) atoms. The Bertz CT molecular complexity index is 2400. The zero-order valence-electron chi connectivity index (χ0n) is 38.2. The first-order valence-corrected chi connectivity index (χ1v) is 23.7. The molecule has 0 radical (unpaired) electrons. The van der Waals surface area contributed by atoms with Crippen molar-refractivity contribution in [3.05, 3.63) is 70.8 Å². The molecule has 1 aromatic carbocycles. The minimum Gasteiger partial charge on any atom is -0.464 e. The number of carbonyl (C=O) groups is 5. The average molecular weight is 877 g/mol. The van der Waals surface area contributed by atoms with Crippen LogP contribution in [0.3, 0.4) is 0 Å². The van der Waals surface area contributed by atoms with E-state index in [-0.39, 0.29) is 48.3 Å². The van der Waals surface area contributed by atoms with Gasteiger partial charge in [0.25, 0.3) is 5.91 Å². The number of allylic oxidation sites excluding steroid dienone is 1. The Hall–Kier alpha value is -5.01. The lowest BCUT2D eigenvalue weighted by Gasteiger charge is -2.36. The minimum atomic E-state index is -1.04. The van der Waals surface area contributed by atoms with E-state index in [4.69, 9.17) is 14.7 Å². The Morgan fingerprint density at radius 3 is 2.56 bits per heavy atom. The molecule has 2 aliphatic heterocycles. The number of aryl methyl sites for hydroxylation is 1. The smallest absolute Gasteiger partial charge is 0.324 e. The largest absolute Gasteiger partial charge is 0.464 e. The van der Waals surface area contributed by atoms with E-state index >= 15 is 0 Å². The number of rotatable bonds is 11. The van der Waals surface area contributed by atoms with Gasteiger partial charge in [0.2, 0.25) is 5.91 Å². The van der Waals surface area contributed by atoms with Crippen molar-refractivity contribution in [3.8, 4) is 22.5 Å². The van der Waals surface area contributed by atoms with Crippen LogP contribution < -0.4 is 10.7 Å². The zero-order chi connectivity index (χ0) is 45.3. The number of amides is 2. The number of esters is 1. The maximum atomic E-state index is 14.6. The molecule has 1 aliphatic carbocycles. The van der Waals surface area contributed by atoms with E-state index in [0.29, 0.717) is 50.1 Å². The molecule has 4 aromatic rings. The fourth-order valence-corrected chi connectivity index (χ4v) is 11.0. The van der Waals surface area contributed by atoms with Gasteiger partial charge in [-0.25, -0.2) is 10.4 Å². The van der Waals surface area contributed by atoms with Crippen molar-refractivity contribution in [3.63, 3.8) is 0 Å². The van der Waals surface area contributed by atoms with Gasteiger partial charge in [-0.3, -0.25) is 34.0 Å². The predicted octanol–water partition coefficient (Wildman–Crippen LogP) is 8.27. The Morgan fingerprint density at radius 2 is 1.84 bits per heavy atom. The topological polar surface area (TPSA) is 153 Å². The van der Waals surface area contributed by atoms with Gasteiger partial charge in [0.05, 0.1) is 28.7 Å². The third kappa shape index (κ3) is 9.60. The van der Waals surface area contributed by atoms with E-state index in [1.165, 1.54) is 22.4 Å². The number of Topliss-reactive ketones (excluding diaryl/α,β-unsaturated/α-hetero) is 1. The van der Waals surface area contributed by atoms with Crippen LogP contribution in [-0.4, -0.2) is 74.1 Å². The number of nitrogens with zero attached hydrogens (tertiary/aromatic N) is 4. The van der Waals surface area contributed by atoms with Crippen molar-refractivity contribution >= 4 is 51.6 Å². The molecule has 336 valence electrons. The Labute approximate surface area is 375 Å². The third-order valence-electron chi connectivity index (χ3n) is 13.4. The minimum absolute atomic E-state index is 0.0339. The molecular weight excluding hydrogens is 813 g/mol. The lowest BCUT2D eigenvalue weighted by Crippen LogP contribution is -2.61. The van der Waals surface area contributed by atoms with Gasteiger partial charge in [-0.2, -0.15) is 0 Å². The molecule has 0 spiro atoms. The molecule has 5 heterocycles. The summed E-state index contributed by atoms with van der Waals surface area (Å²) in [5.74, 6) is -3.22. The first-order valence-electron chi connectivity index (χ1n) is 22.8. The SMILES string of the molecule is C=CC(=O)C1CC[C@H](C(=O)C(C)[C@H](C(=O)N[C@H]2Cc3nc(cs3)-c3ccc4c(c3)c(c(-c3cccnc3C(C)C)n4CC)CC(C)(C)COC(=O)[C@@H]3CCCN(N3)C2=O)C(C)C)C1. The molecule has 12 nitrogen and oxygen atoms in total. The van der Waals surface area contributed by atoms with Crippen molar-refractivity contribution in [2.24, 2.45) is 35.0 Å². The summed E-state index contributed by atoms with van der Waals surface area (Å²) in [6, 6.07) is 8.80. The molecule has 6 atom stereocenters. The van der Waals surface area contributed by atoms with Crippen molar-refractivity contribution < 1.29 is 28.7 Å². The summed E-state index contributed by atoms with van der Waals surface area (Å²) in [5.41, 5.74) is 9.85. The maximum absolute atomic E-state index is 14.6. The molecule has 3 aromatic heterocycles. The van der Waals surface area contributed by atoms with Crippen LogP contribution in [0.2, 0.25) is 0 Å². The first-order chi connectivity index (χ1) is 30.0. The summed E-state index contributed by atoms with van der Waals surface area (Å²) in [6.45, 7) is 21.2. The van der Waals surface area contributed by atoms with Crippen LogP contribution >= 0.6 is 11.3 Å². The van der Waals surface area contributed by atoms with E-state index in [9.17, 15) is 24.0 Å². The fourth-order valence-electron chi connectivity index (χ4n) is 10.2. The second kappa shape index (κ2) is 19.0. The van der Waals surface area contributed by atoms with Gasteiger partial charge in [-0.1, -0.05) is 61.1 Å². The summed E-state index contributed by atoms with van der Waals surface area (Å²) >= 11 is 1.43. The number of ether oxygens (including phenoxy) is 1. The molecule has 1 saturated carbocycles. The number of nitrogens with one attached hydrogen (secondary N) is 2. The molecule has 2 amide bonds. The van der Waals surface area contributed by atoms with Crippen LogP contribution in [0.4, 0.5) is 0 Å². The van der Waals surface area contributed by atoms with Gasteiger partial charge in [0.1, 0.15) is 17.9 Å². The Morgan fingerprint density at radius 1 is 1.08 bits per heavy atom. The number of carbonyl (C=O) groups excluding carboxylic acids is 5. The van der Waals surface area contributed by atoms with Crippen LogP contribution in [0.15, 0.2) is 54.6 Å². The van der Waals surface area contributed by atoms with Crippen LogP contribution in [0, 0.1) is 35.0 Å². The second-order valence-electron chi connectivity index (χ2n) is 19.3. The normalized spacial score (nSPS) is 22.7. The van der Waals surface area contributed by atoms with Crippen LogP contribution in [-0.2, 0) is 48.1 Å². The number of hydrogen-bond donors (Lipinski definition) is 2. The number of cyclic esters (lactones) is 1. The molecule has 6 bridgehead atoms. The molecule has 1 saturated heterocycles. The monoisotopic (exact) mass is 876 g/mol. The molecular formula is C50H64N6O6S. The van der Waals surface area contributed by atoms with Gasteiger partial charge < -0.3 is 14.6 Å². The average Bonchev–Trinajstić information content (AvgIpc) is 4.02. The van der Waals surface area contributed by atoms with E-state index < -0.39 is 47.1 Å². The van der Waals surface area contributed by atoms with Crippen molar-refractivity contribution in [1.82, 2.24) is 30.3 Å². The van der Waals surface area contributed by atoms with Gasteiger partial charge in [-0.05, 0) is 93.2 Å². The van der Waals surface area contributed by atoms with Crippen LogP contribution in [0.25, 0.3) is 33.4 Å². The standard InChI is InChI=1S/C50H64N6O6S/c1-10-41(57)32-16-17-33(22-32)46(58)30(7)43(28(3)4)47(59)53-38-24-42-52-39(26-63-42)31-18-19-40-35(23-31)36(45(55(40)11-2)34-14-12-20-51-44(34)29(5)6)25-50(8,9)27-62-49(61)37-15-13-21-56(54-37)48(38)60/h10,12,14,18-20,23,26,28-30,32-33,37-38,43,54H,1,11,13,15-17,21-22,24-25,27H2,2-9H3,(H,53,59)/t30?,32?,33-,37-,38-,43+/m0/s1. The first kappa shape index (κ1) is 46.0. The van der Waals surface area contributed by atoms with Gasteiger partial charge in [0.15, 0.2) is 5.78 Å². The van der Waals surface area contributed by atoms with Crippen molar-refractivity contribution in [1.29, 1.82) is 0 Å². The summed E-state index contributed by atoms with van der Waals surface area (Å²) in [6.07, 6.45) is 6.64. The highest BCUT2D eigenvalue weighted by molar-refractivity contribution is 7.10. The lowest BCUT2D eigenvalue weighted by atomic mass is 9.77. The number of thiazole rings is 1. The number of aromatic nitrogens is 3. The quantitative estimate of drug-likeness (QED) is 0.112. The summed E-state index contributed by atoms with van der Waals surface area (Å²) in [7, 11) is 0. The Kier molecular flexibility index (Phi) is 13.9. The van der Waals surface area contributed by atoms with Crippen molar-refractivity contribution in [2.75, 3.05) is 13.2 Å². The molecule has 3 aliphatic rings.